The summed E-state index contributed by atoms with van der Waals surface area (Å²) >= 11 is 5.83. The number of hydrogen-bond donors (Lipinski definition) is 2. The first-order valence-electron chi connectivity index (χ1n) is 10.6. The van der Waals surface area contributed by atoms with Gasteiger partial charge in [-0.05, 0) is 49.9 Å². The Kier molecular flexibility index (Phi) is 7.92. The molecule has 1 aromatic rings. The average Bonchev–Trinajstić information content (AvgIpc) is 2.75. The summed E-state index contributed by atoms with van der Waals surface area (Å²) in [5, 5.41) is 6.53. The van der Waals surface area contributed by atoms with Crippen LogP contribution in [-0.2, 0) is 9.59 Å². The molecule has 1 atom stereocenters. The minimum Gasteiger partial charge on any atom is -0.353 e. The molecule has 0 radical (unpaired) electrons. The average molecular weight is 420 g/mol. The van der Waals surface area contributed by atoms with E-state index in [1.54, 1.807) is 29.2 Å². The van der Waals surface area contributed by atoms with Gasteiger partial charge in [0.2, 0.25) is 11.8 Å². The number of amides is 3. The van der Waals surface area contributed by atoms with Crippen LogP contribution in [0, 0.1) is 5.92 Å². The lowest BCUT2D eigenvalue weighted by Gasteiger charge is -2.33. The fourth-order valence-electron chi connectivity index (χ4n) is 4.13. The van der Waals surface area contributed by atoms with Crippen molar-refractivity contribution in [3.05, 3.63) is 34.9 Å². The first-order valence-corrected chi connectivity index (χ1v) is 11.0. The van der Waals surface area contributed by atoms with Gasteiger partial charge in [-0.15, -0.1) is 0 Å². The number of nitrogens with one attached hydrogen (secondary N) is 2. The van der Waals surface area contributed by atoms with Gasteiger partial charge in [0.15, 0.2) is 0 Å². The Morgan fingerprint density at radius 1 is 1.00 bits per heavy atom. The van der Waals surface area contributed by atoms with Crippen molar-refractivity contribution in [3.63, 3.8) is 0 Å². The van der Waals surface area contributed by atoms with Crippen molar-refractivity contribution in [2.24, 2.45) is 5.92 Å². The van der Waals surface area contributed by atoms with E-state index in [-0.39, 0.29) is 36.6 Å². The minimum atomic E-state index is -0.224. The number of likely N-dealkylation sites (tertiary alicyclic amines) is 1. The third-order valence-corrected chi connectivity index (χ3v) is 6.08. The predicted octanol–water partition coefficient (Wildman–Crippen LogP) is 3.15. The van der Waals surface area contributed by atoms with Crippen molar-refractivity contribution in [3.8, 4) is 0 Å². The summed E-state index contributed by atoms with van der Waals surface area (Å²) in [5.41, 5.74) is 0.513. The molecule has 7 heteroatoms. The van der Waals surface area contributed by atoms with Gasteiger partial charge < -0.3 is 15.5 Å². The van der Waals surface area contributed by atoms with Crippen molar-refractivity contribution in [1.82, 2.24) is 15.5 Å². The van der Waals surface area contributed by atoms with Gasteiger partial charge in [-0.2, -0.15) is 0 Å². The summed E-state index contributed by atoms with van der Waals surface area (Å²) in [6.45, 7) is 1.43. The van der Waals surface area contributed by atoms with Crippen LogP contribution in [0.2, 0.25) is 5.02 Å². The van der Waals surface area contributed by atoms with Crippen molar-refractivity contribution < 1.29 is 14.4 Å². The van der Waals surface area contributed by atoms with E-state index in [1.807, 2.05) is 0 Å². The van der Waals surface area contributed by atoms with Crippen LogP contribution in [0.25, 0.3) is 0 Å². The molecule has 0 bridgehead atoms. The third kappa shape index (κ3) is 6.46. The van der Waals surface area contributed by atoms with E-state index in [0.717, 1.165) is 25.7 Å². The standard InChI is InChI=1S/C22H30ClN3O3/c23-18-10-8-16(9-11-18)21(28)24-13-12-20(27)26-14-4-5-17(15-26)22(29)25-19-6-2-1-3-7-19/h8-11,17,19H,1-7,12-15H2,(H,24,28)(H,25,29). The zero-order chi connectivity index (χ0) is 20.6. The molecule has 2 N–H and O–H groups in total. The first kappa shape index (κ1) is 21.6. The molecule has 3 rings (SSSR count). The molecule has 1 saturated heterocycles. The number of piperidine rings is 1. The molecular weight excluding hydrogens is 390 g/mol. The molecule has 3 amide bonds. The van der Waals surface area contributed by atoms with Gasteiger partial charge in [0.1, 0.15) is 0 Å². The topological polar surface area (TPSA) is 78.5 Å². The number of hydrogen-bond acceptors (Lipinski definition) is 3. The molecule has 1 aliphatic carbocycles. The van der Waals surface area contributed by atoms with E-state index in [9.17, 15) is 14.4 Å². The molecule has 1 unspecified atom stereocenters. The summed E-state index contributed by atoms with van der Waals surface area (Å²) in [4.78, 5) is 39.0. The van der Waals surface area contributed by atoms with Gasteiger partial charge in [-0.25, -0.2) is 0 Å². The lowest BCUT2D eigenvalue weighted by molar-refractivity contribution is -0.135. The number of halogens is 1. The van der Waals surface area contributed by atoms with Crippen LogP contribution >= 0.6 is 11.6 Å². The molecule has 158 valence electrons. The highest BCUT2D eigenvalue weighted by atomic mass is 35.5. The van der Waals surface area contributed by atoms with Gasteiger partial charge in [0.25, 0.3) is 5.91 Å². The van der Waals surface area contributed by atoms with E-state index in [0.29, 0.717) is 29.7 Å². The predicted molar refractivity (Wildman–Crippen MR) is 113 cm³/mol. The van der Waals surface area contributed by atoms with Crippen LogP contribution in [-0.4, -0.2) is 48.3 Å². The zero-order valence-electron chi connectivity index (χ0n) is 16.8. The first-order chi connectivity index (χ1) is 14.0. The number of rotatable bonds is 6. The Morgan fingerprint density at radius 2 is 1.72 bits per heavy atom. The third-order valence-electron chi connectivity index (χ3n) is 5.83. The normalized spacial score (nSPS) is 20.2. The maximum Gasteiger partial charge on any atom is 0.251 e. The van der Waals surface area contributed by atoms with Crippen molar-refractivity contribution in [2.45, 2.75) is 57.4 Å². The van der Waals surface area contributed by atoms with Crippen LogP contribution in [0.15, 0.2) is 24.3 Å². The van der Waals surface area contributed by atoms with E-state index >= 15 is 0 Å². The Bertz CT molecular complexity index is 717. The van der Waals surface area contributed by atoms with E-state index in [2.05, 4.69) is 10.6 Å². The maximum atomic E-state index is 12.6. The molecule has 29 heavy (non-hydrogen) atoms. The molecule has 1 saturated carbocycles. The van der Waals surface area contributed by atoms with Gasteiger partial charge >= 0.3 is 0 Å². The van der Waals surface area contributed by atoms with Gasteiger partial charge in [0, 0.05) is 42.7 Å². The van der Waals surface area contributed by atoms with Gasteiger partial charge in [-0.3, -0.25) is 14.4 Å². The van der Waals surface area contributed by atoms with Crippen LogP contribution in [0.4, 0.5) is 0 Å². The monoisotopic (exact) mass is 419 g/mol. The van der Waals surface area contributed by atoms with E-state index < -0.39 is 0 Å². The number of benzene rings is 1. The highest BCUT2D eigenvalue weighted by Gasteiger charge is 2.29. The number of carbonyl (C=O) groups excluding carboxylic acids is 3. The fourth-order valence-corrected chi connectivity index (χ4v) is 4.25. The molecule has 1 aliphatic heterocycles. The van der Waals surface area contributed by atoms with Crippen LogP contribution in [0.1, 0.15) is 61.7 Å². The van der Waals surface area contributed by atoms with Gasteiger partial charge in [-0.1, -0.05) is 30.9 Å². The Balaban J connectivity index is 1.41. The highest BCUT2D eigenvalue weighted by Crippen LogP contribution is 2.21. The van der Waals surface area contributed by atoms with E-state index in [1.165, 1.54) is 19.3 Å². The molecular formula is C22H30ClN3O3. The Labute approximate surface area is 177 Å². The van der Waals surface area contributed by atoms with Crippen LogP contribution < -0.4 is 10.6 Å². The van der Waals surface area contributed by atoms with Crippen LogP contribution in [0.3, 0.4) is 0 Å². The van der Waals surface area contributed by atoms with Crippen molar-refractivity contribution >= 4 is 29.3 Å². The molecule has 1 heterocycles. The number of nitrogens with zero attached hydrogens (tertiary/aromatic N) is 1. The second-order valence-electron chi connectivity index (χ2n) is 8.04. The zero-order valence-corrected chi connectivity index (χ0v) is 17.5. The molecule has 1 aromatic carbocycles. The second kappa shape index (κ2) is 10.6. The maximum absolute atomic E-state index is 12.6. The van der Waals surface area contributed by atoms with Crippen molar-refractivity contribution in [1.29, 1.82) is 0 Å². The molecule has 0 aromatic heterocycles. The quantitative estimate of drug-likeness (QED) is 0.743. The second-order valence-corrected chi connectivity index (χ2v) is 8.47. The highest BCUT2D eigenvalue weighted by molar-refractivity contribution is 6.30. The van der Waals surface area contributed by atoms with Crippen LogP contribution in [0.5, 0.6) is 0 Å². The van der Waals surface area contributed by atoms with Crippen molar-refractivity contribution in [2.75, 3.05) is 19.6 Å². The number of carbonyl (C=O) groups is 3. The summed E-state index contributed by atoms with van der Waals surface area (Å²) in [5.74, 6) is -0.279. The molecule has 2 fully saturated rings. The molecule has 2 aliphatic rings. The summed E-state index contributed by atoms with van der Waals surface area (Å²) < 4.78 is 0. The smallest absolute Gasteiger partial charge is 0.251 e. The lowest BCUT2D eigenvalue weighted by Crippen LogP contribution is -2.48. The fraction of sp³-hybridized carbons (Fsp3) is 0.591. The summed E-state index contributed by atoms with van der Waals surface area (Å²) in [7, 11) is 0. The minimum absolute atomic E-state index is 0.0171. The summed E-state index contributed by atoms with van der Waals surface area (Å²) in [6.07, 6.45) is 7.65. The van der Waals surface area contributed by atoms with Gasteiger partial charge in [0.05, 0.1) is 5.92 Å². The van der Waals surface area contributed by atoms with E-state index in [4.69, 9.17) is 11.6 Å². The Hall–Kier alpha value is -2.08. The lowest BCUT2D eigenvalue weighted by atomic mass is 9.93. The summed E-state index contributed by atoms with van der Waals surface area (Å²) in [6, 6.07) is 6.92. The molecule has 0 spiro atoms. The SMILES string of the molecule is O=C(NCCC(=O)N1CCCC(C(=O)NC2CCCCC2)C1)c1ccc(Cl)cc1. The molecule has 6 nitrogen and oxygen atoms in total. The largest absolute Gasteiger partial charge is 0.353 e. The Morgan fingerprint density at radius 3 is 2.45 bits per heavy atom.